The number of hydrogen-bond acceptors (Lipinski definition) is 2. The first kappa shape index (κ1) is 17.2. The molecule has 4 nitrogen and oxygen atoms in total. The lowest BCUT2D eigenvalue weighted by molar-refractivity contribution is 0.0946. The highest BCUT2D eigenvalue weighted by Gasteiger charge is 2.44. The van der Waals surface area contributed by atoms with Crippen LogP contribution in [0.1, 0.15) is 79.0 Å². The molecule has 0 saturated heterocycles. The molecule has 1 amide bonds. The van der Waals surface area contributed by atoms with E-state index in [-0.39, 0.29) is 11.6 Å². The Hall–Kier alpha value is -2.24. The van der Waals surface area contributed by atoms with Crippen LogP contribution in [0.3, 0.4) is 0 Å². The standard InChI is InChI=1S/C20H23F2N3O/c1-2-3-4-9-23-20(26)18-17-12-5-6-13(10-12)19(17)25(24-18)16-8-7-14(21)11-15(16)22/h7-8,11-13H,2-6,9-10H2,1H3,(H,23,26)/t12-,13-/m0/s1. The van der Waals surface area contributed by atoms with Gasteiger partial charge in [0.05, 0.1) is 5.69 Å². The van der Waals surface area contributed by atoms with Crippen LogP contribution in [-0.4, -0.2) is 22.2 Å². The SMILES string of the molecule is CCCCCNC(=O)c1nn(-c2ccc(F)cc2F)c2c1[C@H]1CC[C@H]2C1. The van der Waals surface area contributed by atoms with Crippen LogP contribution in [0.2, 0.25) is 0 Å². The Balaban J connectivity index is 1.71. The maximum atomic E-state index is 14.3. The van der Waals surface area contributed by atoms with Crippen molar-refractivity contribution in [2.45, 2.75) is 57.3 Å². The zero-order valence-electron chi connectivity index (χ0n) is 14.9. The van der Waals surface area contributed by atoms with Crippen molar-refractivity contribution < 1.29 is 13.6 Å². The second-order valence-electron chi connectivity index (χ2n) is 7.32. The van der Waals surface area contributed by atoms with Crippen molar-refractivity contribution in [2.75, 3.05) is 6.54 Å². The predicted octanol–water partition coefficient (Wildman–Crippen LogP) is 4.44. The third-order valence-corrected chi connectivity index (χ3v) is 5.61. The smallest absolute Gasteiger partial charge is 0.272 e. The highest BCUT2D eigenvalue weighted by molar-refractivity contribution is 5.94. The molecule has 2 bridgehead atoms. The molecule has 2 atom stereocenters. The summed E-state index contributed by atoms with van der Waals surface area (Å²) in [5.41, 5.74) is 2.52. The quantitative estimate of drug-likeness (QED) is 0.776. The number of carbonyl (C=O) groups excluding carboxylic acids is 1. The molecule has 26 heavy (non-hydrogen) atoms. The van der Waals surface area contributed by atoms with Gasteiger partial charge in [0, 0.05) is 24.1 Å². The van der Waals surface area contributed by atoms with Gasteiger partial charge in [-0.2, -0.15) is 5.10 Å². The molecule has 1 aromatic carbocycles. The third kappa shape index (κ3) is 2.81. The Morgan fingerprint density at radius 2 is 2.08 bits per heavy atom. The van der Waals surface area contributed by atoms with Gasteiger partial charge < -0.3 is 5.32 Å². The number of nitrogens with one attached hydrogen (secondary N) is 1. The fourth-order valence-electron chi connectivity index (χ4n) is 4.40. The number of nitrogens with zero attached hydrogens (tertiary/aromatic N) is 2. The normalized spacial score (nSPS) is 20.4. The number of halogens is 2. The minimum Gasteiger partial charge on any atom is -0.351 e. The van der Waals surface area contributed by atoms with Gasteiger partial charge in [-0.15, -0.1) is 0 Å². The maximum absolute atomic E-state index is 14.3. The molecular formula is C20H23F2N3O. The second-order valence-corrected chi connectivity index (χ2v) is 7.32. The Labute approximate surface area is 151 Å². The molecule has 0 spiro atoms. The number of rotatable bonds is 6. The largest absolute Gasteiger partial charge is 0.351 e. The summed E-state index contributed by atoms with van der Waals surface area (Å²) in [6.07, 6.45) is 6.16. The molecule has 1 saturated carbocycles. The maximum Gasteiger partial charge on any atom is 0.272 e. The summed E-state index contributed by atoms with van der Waals surface area (Å²) in [5.74, 6) is -0.846. The lowest BCUT2D eigenvalue weighted by atomic mass is 9.95. The molecule has 2 aromatic rings. The first-order valence-corrected chi connectivity index (χ1v) is 9.46. The number of hydrogen-bond donors (Lipinski definition) is 1. The molecule has 6 heteroatoms. The molecule has 0 unspecified atom stereocenters. The van der Waals surface area contributed by atoms with Crippen molar-refractivity contribution in [1.29, 1.82) is 0 Å². The summed E-state index contributed by atoms with van der Waals surface area (Å²) < 4.78 is 29.2. The lowest BCUT2D eigenvalue weighted by Gasteiger charge is -2.14. The predicted molar refractivity (Wildman–Crippen MR) is 94.7 cm³/mol. The summed E-state index contributed by atoms with van der Waals surface area (Å²) in [5, 5.41) is 7.42. The number of unbranched alkanes of at least 4 members (excludes halogenated alkanes) is 2. The van der Waals surface area contributed by atoms with Crippen LogP contribution in [0, 0.1) is 11.6 Å². The Morgan fingerprint density at radius 1 is 1.27 bits per heavy atom. The highest BCUT2D eigenvalue weighted by atomic mass is 19.1. The van der Waals surface area contributed by atoms with Crippen molar-refractivity contribution in [3.05, 3.63) is 46.8 Å². The number of carbonyl (C=O) groups is 1. The fraction of sp³-hybridized carbons (Fsp3) is 0.500. The topological polar surface area (TPSA) is 46.9 Å². The Kier molecular flexibility index (Phi) is 4.51. The number of aromatic nitrogens is 2. The van der Waals surface area contributed by atoms with Gasteiger partial charge in [0.2, 0.25) is 0 Å². The van der Waals surface area contributed by atoms with Crippen molar-refractivity contribution in [3.63, 3.8) is 0 Å². The van der Waals surface area contributed by atoms with Gasteiger partial charge in [0.15, 0.2) is 11.5 Å². The van der Waals surface area contributed by atoms with Gasteiger partial charge in [-0.1, -0.05) is 19.8 Å². The van der Waals surface area contributed by atoms with E-state index < -0.39 is 11.6 Å². The van der Waals surface area contributed by atoms with Crippen LogP contribution >= 0.6 is 0 Å². The average molecular weight is 359 g/mol. The van der Waals surface area contributed by atoms with Crippen LogP contribution in [0.15, 0.2) is 18.2 Å². The molecule has 4 rings (SSSR count). The van der Waals surface area contributed by atoms with Gasteiger partial charge in [-0.25, -0.2) is 13.5 Å². The van der Waals surface area contributed by atoms with E-state index in [9.17, 15) is 13.6 Å². The van der Waals surface area contributed by atoms with Crippen LogP contribution < -0.4 is 5.32 Å². The molecule has 2 aliphatic carbocycles. The zero-order valence-corrected chi connectivity index (χ0v) is 14.9. The summed E-state index contributed by atoms with van der Waals surface area (Å²) in [7, 11) is 0. The fourth-order valence-corrected chi connectivity index (χ4v) is 4.40. The summed E-state index contributed by atoms with van der Waals surface area (Å²) in [6.45, 7) is 2.73. The minimum absolute atomic E-state index is 0.189. The molecular weight excluding hydrogens is 336 g/mol. The Bertz CT molecular complexity index is 846. The van der Waals surface area contributed by atoms with Crippen molar-refractivity contribution >= 4 is 5.91 Å². The van der Waals surface area contributed by atoms with Crippen LogP contribution in [0.5, 0.6) is 0 Å². The summed E-state index contributed by atoms with van der Waals surface area (Å²) in [4.78, 5) is 12.7. The molecule has 138 valence electrons. The Morgan fingerprint density at radius 3 is 2.85 bits per heavy atom. The van der Waals surface area contributed by atoms with Gasteiger partial charge >= 0.3 is 0 Å². The lowest BCUT2D eigenvalue weighted by Crippen LogP contribution is -2.26. The van der Waals surface area contributed by atoms with Crippen molar-refractivity contribution in [2.24, 2.45) is 0 Å². The summed E-state index contributed by atoms with van der Waals surface area (Å²) in [6, 6.07) is 3.48. The highest BCUT2D eigenvalue weighted by Crippen LogP contribution is 2.54. The molecule has 1 fully saturated rings. The van der Waals surface area contributed by atoms with Gasteiger partial charge in [-0.3, -0.25) is 4.79 Å². The zero-order chi connectivity index (χ0) is 18.3. The van der Waals surface area contributed by atoms with E-state index in [1.165, 1.54) is 16.8 Å². The van der Waals surface area contributed by atoms with Crippen molar-refractivity contribution in [3.8, 4) is 5.69 Å². The molecule has 2 aliphatic rings. The number of amides is 1. The first-order valence-electron chi connectivity index (χ1n) is 9.46. The van der Waals surface area contributed by atoms with E-state index in [4.69, 9.17) is 0 Å². The van der Waals surface area contributed by atoms with Crippen LogP contribution in [0.4, 0.5) is 8.78 Å². The van der Waals surface area contributed by atoms with E-state index >= 15 is 0 Å². The second kappa shape index (κ2) is 6.82. The van der Waals surface area contributed by atoms with Crippen molar-refractivity contribution in [1.82, 2.24) is 15.1 Å². The van der Waals surface area contributed by atoms with Crippen LogP contribution in [0.25, 0.3) is 5.69 Å². The monoisotopic (exact) mass is 359 g/mol. The van der Waals surface area contributed by atoms with Crippen LogP contribution in [-0.2, 0) is 0 Å². The first-order chi connectivity index (χ1) is 12.6. The molecule has 0 aliphatic heterocycles. The molecule has 1 aromatic heterocycles. The van der Waals surface area contributed by atoms with Gasteiger partial charge in [0.1, 0.15) is 11.5 Å². The van der Waals surface area contributed by atoms with E-state index in [2.05, 4.69) is 17.3 Å². The minimum atomic E-state index is -0.659. The molecule has 0 radical (unpaired) electrons. The molecule has 1 N–H and O–H groups in total. The van der Waals surface area contributed by atoms with E-state index in [0.717, 1.165) is 55.8 Å². The summed E-state index contributed by atoms with van der Waals surface area (Å²) >= 11 is 0. The van der Waals surface area contributed by atoms with Gasteiger partial charge in [-0.05, 0) is 43.7 Å². The number of benzene rings is 1. The van der Waals surface area contributed by atoms with E-state index in [1.807, 2.05) is 0 Å². The molecule has 1 heterocycles. The average Bonchev–Trinajstić information content (AvgIpc) is 3.31. The van der Waals surface area contributed by atoms with E-state index in [0.29, 0.717) is 24.1 Å². The third-order valence-electron chi connectivity index (χ3n) is 5.61. The number of fused-ring (bicyclic) bond motifs is 5. The van der Waals surface area contributed by atoms with Gasteiger partial charge in [0.25, 0.3) is 5.91 Å². The van der Waals surface area contributed by atoms with E-state index in [1.54, 1.807) is 0 Å².